The van der Waals surface area contributed by atoms with Crippen LogP contribution in [0.2, 0.25) is 0 Å². The van der Waals surface area contributed by atoms with Crippen LogP contribution in [0.25, 0.3) is 5.65 Å². The maximum absolute atomic E-state index is 4.61. The third kappa shape index (κ3) is 5.76. The summed E-state index contributed by atoms with van der Waals surface area (Å²) in [6.07, 6.45) is 2.74. The first-order valence-corrected chi connectivity index (χ1v) is 9.48. The predicted octanol–water partition coefficient (Wildman–Crippen LogP) is 2.17. The quantitative estimate of drug-likeness (QED) is 0.294. The van der Waals surface area contributed by atoms with Crippen molar-refractivity contribution in [3.8, 4) is 0 Å². The Morgan fingerprint density at radius 3 is 2.85 bits per heavy atom. The van der Waals surface area contributed by atoms with Crippen molar-refractivity contribution in [2.45, 2.75) is 19.9 Å². The zero-order valence-electron chi connectivity index (χ0n) is 15.7. The van der Waals surface area contributed by atoms with Crippen LogP contribution in [-0.4, -0.2) is 52.7 Å². The first-order valence-electron chi connectivity index (χ1n) is 8.60. The number of guanidine groups is 1. The first-order chi connectivity index (χ1) is 12.7. The summed E-state index contributed by atoms with van der Waals surface area (Å²) >= 11 is 1.63. The fraction of sp³-hybridized carbons (Fsp3) is 0.412. The molecule has 0 radical (unpaired) electrons. The number of anilines is 1. The highest BCUT2D eigenvalue weighted by molar-refractivity contribution is 14.0. The average Bonchev–Trinajstić information content (AvgIpc) is 3.27. The molecule has 0 spiro atoms. The van der Waals surface area contributed by atoms with Crippen LogP contribution in [0.15, 0.2) is 34.8 Å². The van der Waals surface area contributed by atoms with Gasteiger partial charge in [0.15, 0.2) is 16.7 Å². The molecule has 0 saturated carbocycles. The van der Waals surface area contributed by atoms with Crippen molar-refractivity contribution in [2.24, 2.45) is 4.99 Å². The van der Waals surface area contributed by atoms with E-state index in [1.165, 1.54) is 0 Å². The van der Waals surface area contributed by atoms with Crippen molar-refractivity contribution < 1.29 is 0 Å². The molecule has 0 aliphatic carbocycles. The van der Waals surface area contributed by atoms with Crippen molar-refractivity contribution >= 4 is 52.1 Å². The molecule has 146 valence electrons. The van der Waals surface area contributed by atoms with Crippen LogP contribution in [0.3, 0.4) is 0 Å². The molecule has 0 aliphatic heterocycles. The molecule has 2 N–H and O–H groups in total. The van der Waals surface area contributed by atoms with E-state index in [-0.39, 0.29) is 24.0 Å². The van der Waals surface area contributed by atoms with Gasteiger partial charge in [0.25, 0.3) is 0 Å². The second-order valence-electron chi connectivity index (χ2n) is 5.93. The number of aromatic nitrogens is 4. The topological polar surface area (TPSA) is 82.7 Å². The molecule has 0 saturated heterocycles. The van der Waals surface area contributed by atoms with E-state index in [1.54, 1.807) is 11.3 Å². The Bertz CT molecular complexity index is 873. The molecule has 0 amide bonds. The number of hydrogen-bond donors (Lipinski definition) is 2. The number of fused-ring (bicyclic) bond motifs is 1. The van der Waals surface area contributed by atoms with Gasteiger partial charge in [-0.3, -0.25) is 4.40 Å². The van der Waals surface area contributed by atoms with E-state index in [9.17, 15) is 0 Å². The number of pyridine rings is 1. The normalized spacial score (nSPS) is 11.3. The molecular weight excluding hydrogens is 475 g/mol. The molecule has 0 fully saturated rings. The minimum absolute atomic E-state index is 0. The third-order valence-electron chi connectivity index (χ3n) is 3.69. The molecule has 8 nitrogen and oxygen atoms in total. The molecular formula is C17H25IN8S. The molecule has 10 heteroatoms. The van der Waals surface area contributed by atoms with Crippen LogP contribution in [0.1, 0.15) is 18.4 Å². The highest BCUT2D eigenvalue weighted by Crippen LogP contribution is 2.18. The molecule has 3 aromatic rings. The van der Waals surface area contributed by atoms with Crippen LogP contribution in [0.4, 0.5) is 5.13 Å². The van der Waals surface area contributed by atoms with E-state index >= 15 is 0 Å². The molecule has 0 atom stereocenters. The molecule has 0 aromatic carbocycles. The Kier molecular flexibility index (Phi) is 8.23. The van der Waals surface area contributed by atoms with E-state index in [2.05, 4.69) is 37.7 Å². The van der Waals surface area contributed by atoms with E-state index in [0.29, 0.717) is 6.54 Å². The first kappa shape index (κ1) is 21.4. The van der Waals surface area contributed by atoms with E-state index < -0.39 is 0 Å². The lowest BCUT2D eigenvalue weighted by Gasteiger charge is -2.10. The molecule has 3 rings (SSSR count). The molecule has 0 bridgehead atoms. The summed E-state index contributed by atoms with van der Waals surface area (Å²) in [5.41, 5.74) is 1.84. The standard InChI is InChI=1S/C17H24N8S.HI/c1-4-18-16(20-11-13-12-26-17(21-13)24(2)3)19-9-8-15-23-22-14-7-5-6-10-25(14)15;/h5-7,10,12H,4,8-9,11H2,1-3H3,(H2,18,19,20);1H. The van der Waals surface area contributed by atoms with Gasteiger partial charge in [0, 0.05) is 45.2 Å². The van der Waals surface area contributed by atoms with Gasteiger partial charge in [0.05, 0.1) is 12.2 Å². The van der Waals surface area contributed by atoms with E-state index in [4.69, 9.17) is 0 Å². The summed E-state index contributed by atoms with van der Waals surface area (Å²) in [5.74, 6) is 1.71. The lowest BCUT2D eigenvalue weighted by atomic mass is 10.4. The van der Waals surface area contributed by atoms with E-state index in [1.807, 2.05) is 53.2 Å². The van der Waals surface area contributed by atoms with Gasteiger partial charge >= 0.3 is 0 Å². The Balaban J connectivity index is 0.00000261. The number of halogens is 1. The van der Waals surface area contributed by atoms with Crippen LogP contribution < -0.4 is 15.5 Å². The summed E-state index contributed by atoms with van der Waals surface area (Å²) in [7, 11) is 3.98. The van der Waals surface area contributed by atoms with Crippen LogP contribution in [0, 0.1) is 0 Å². The summed E-state index contributed by atoms with van der Waals surface area (Å²) in [6, 6.07) is 5.89. The number of nitrogens with zero attached hydrogens (tertiary/aromatic N) is 6. The lowest BCUT2D eigenvalue weighted by Crippen LogP contribution is -2.38. The maximum Gasteiger partial charge on any atom is 0.191 e. The Morgan fingerprint density at radius 1 is 1.26 bits per heavy atom. The minimum atomic E-state index is 0. The average molecular weight is 500 g/mol. The van der Waals surface area contributed by atoms with Gasteiger partial charge in [-0.25, -0.2) is 9.98 Å². The molecule has 3 aromatic heterocycles. The number of rotatable bonds is 7. The zero-order chi connectivity index (χ0) is 18.4. The fourth-order valence-electron chi connectivity index (χ4n) is 2.43. The SMILES string of the molecule is CCNC(=NCc1csc(N(C)C)n1)NCCc1nnc2ccccn12.I. The second-order valence-corrected chi connectivity index (χ2v) is 6.77. The summed E-state index contributed by atoms with van der Waals surface area (Å²) in [5, 5.41) is 18.1. The molecule has 27 heavy (non-hydrogen) atoms. The monoisotopic (exact) mass is 500 g/mol. The van der Waals surface area contributed by atoms with Gasteiger partial charge in [0.1, 0.15) is 5.82 Å². The second kappa shape index (κ2) is 10.4. The van der Waals surface area contributed by atoms with Crippen molar-refractivity contribution in [1.29, 1.82) is 0 Å². The van der Waals surface area contributed by atoms with Crippen LogP contribution in [0.5, 0.6) is 0 Å². The Labute approximate surface area is 180 Å². The van der Waals surface area contributed by atoms with Crippen LogP contribution >= 0.6 is 35.3 Å². The fourth-order valence-corrected chi connectivity index (χ4v) is 3.18. The van der Waals surface area contributed by atoms with Crippen molar-refractivity contribution in [1.82, 2.24) is 30.2 Å². The highest BCUT2D eigenvalue weighted by Gasteiger charge is 2.06. The van der Waals surface area contributed by atoms with Gasteiger partial charge in [-0.2, -0.15) is 0 Å². The Morgan fingerprint density at radius 2 is 2.11 bits per heavy atom. The number of thiazole rings is 1. The molecule has 0 unspecified atom stereocenters. The van der Waals surface area contributed by atoms with Gasteiger partial charge in [-0.1, -0.05) is 6.07 Å². The lowest BCUT2D eigenvalue weighted by molar-refractivity contribution is 0.762. The smallest absolute Gasteiger partial charge is 0.191 e. The number of nitrogens with one attached hydrogen (secondary N) is 2. The van der Waals surface area contributed by atoms with Crippen molar-refractivity contribution in [3.63, 3.8) is 0 Å². The summed E-state index contributed by atoms with van der Waals surface area (Å²) in [6.45, 7) is 4.13. The molecule has 3 heterocycles. The van der Waals surface area contributed by atoms with Gasteiger partial charge in [0.2, 0.25) is 0 Å². The Hall–Kier alpha value is -1.95. The van der Waals surface area contributed by atoms with Crippen LogP contribution in [-0.2, 0) is 13.0 Å². The number of hydrogen-bond acceptors (Lipinski definition) is 6. The predicted molar refractivity (Wildman–Crippen MR) is 121 cm³/mol. The van der Waals surface area contributed by atoms with Gasteiger partial charge in [-0.15, -0.1) is 45.5 Å². The number of aliphatic imine (C=N–C) groups is 1. The largest absolute Gasteiger partial charge is 0.357 e. The zero-order valence-corrected chi connectivity index (χ0v) is 18.9. The highest BCUT2D eigenvalue weighted by atomic mass is 127. The third-order valence-corrected chi connectivity index (χ3v) is 4.75. The van der Waals surface area contributed by atoms with E-state index in [0.717, 1.165) is 47.8 Å². The van der Waals surface area contributed by atoms with Crippen molar-refractivity contribution in [2.75, 3.05) is 32.1 Å². The summed E-state index contributed by atoms with van der Waals surface area (Å²) in [4.78, 5) is 11.2. The van der Waals surface area contributed by atoms with Gasteiger partial charge in [-0.05, 0) is 19.1 Å². The minimum Gasteiger partial charge on any atom is -0.357 e. The summed E-state index contributed by atoms with van der Waals surface area (Å²) < 4.78 is 2.00. The van der Waals surface area contributed by atoms with Gasteiger partial charge < -0.3 is 15.5 Å². The maximum atomic E-state index is 4.61. The molecule has 0 aliphatic rings. The van der Waals surface area contributed by atoms with Crippen molar-refractivity contribution in [3.05, 3.63) is 41.3 Å².